The molecule has 88 heavy (non-hydrogen) atoms. The third kappa shape index (κ3) is 6.98. The molecule has 0 saturated carbocycles. The number of para-hydroxylation sites is 7. The van der Waals surface area contributed by atoms with Gasteiger partial charge in [-0.05, 0) is 111 Å². The summed E-state index contributed by atoms with van der Waals surface area (Å²) in [6.45, 7) is 0. The van der Waals surface area contributed by atoms with E-state index in [2.05, 4.69) is 309 Å². The van der Waals surface area contributed by atoms with Crippen LogP contribution in [0.3, 0.4) is 0 Å². The molecule has 408 valence electrons. The Balaban J connectivity index is 0.979. The summed E-state index contributed by atoms with van der Waals surface area (Å²) in [4.78, 5) is 16.6. The summed E-state index contributed by atoms with van der Waals surface area (Å²) in [5, 5.41) is 16.6. The van der Waals surface area contributed by atoms with Crippen molar-refractivity contribution in [2.45, 2.75) is 0 Å². The van der Waals surface area contributed by atoms with Gasteiger partial charge in [-0.2, -0.15) is 0 Å². The Labute approximate surface area is 504 Å². The maximum atomic E-state index is 5.63. The lowest BCUT2D eigenvalue weighted by Crippen LogP contribution is -2.04. The van der Waals surface area contributed by atoms with E-state index in [9.17, 15) is 0 Å². The van der Waals surface area contributed by atoms with Gasteiger partial charge in [-0.15, -0.1) is 0 Å². The number of hydrogen-bond acceptors (Lipinski definition) is 3. The minimum absolute atomic E-state index is 0.564. The molecule has 14 aromatic carbocycles. The van der Waals surface area contributed by atoms with Crippen LogP contribution in [0.5, 0.6) is 0 Å². The van der Waals surface area contributed by atoms with Crippen molar-refractivity contribution in [3.8, 4) is 56.9 Å². The minimum Gasteiger partial charge on any atom is -0.309 e. The highest BCUT2D eigenvalue weighted by molar-refractivity contribution is 6.40. The summed E-state index contributed by atoms with van der Waals surface area (Å²) < 4.78 is 9.98. The highest BCUT2D eigenvalue weighted by Gasteiger charge is 2.30. The summed E-state index contributed by atoms with van der Waals surface area (Å²) in [6, 6.07) is 108. The van der Waals surface area contributed by atoms with E-state index >= 15 is 0 Å². The van der Waals surface area contributed by atoms with Crippen LogP contribution in [-0.2, 0) is 0 Å². The van der Waals surface area contributed by atoms with Crippen LogP contribution >= 0.6 is 0 Å². The Morgan fingerprint density at radius 1 is 0.182 bits per heavy atom. The van der Waals surface area contributed by atoms with Gasteiger partial charge < -0.3 is 18.3 Å². The molecule has 0 amide bonds. The molecule has 7 heteroatoms. The lowest BCUT2D eigenvalue weighted by molar-refractivity contribution is 1.07. The lowest BCUT2D eigenvalue weighted by Gasteiger charge is -2.17. The highest BCUT2D eigenvalue weighted by atomic mass is 15.1. The van der Waals surface area contributed by atoms with Crippen molar-refractivity contribution >= 4 is 120 Å². The van der Waals surface area contributed by atoms with Crippen LogP contribution in [0.15, 0.2) is 297 Å². The molecule has 0 bridgehead atoms. The van der Waals surface area contributed by atoms with Gasteiger partial charge in [0.15, 0.2) is 17.5 Å². The highest BCUT2D eigenvalue weighted by Crippen LogP contribution is 2.51. The molecule has 0 N–H and O–H groups in total. The first-order valence-electron chi connectivity index (χ1n) is 30.0. The van der Waals surface area contributed by atoms with Crippen molar-refractivity contribution in [1.82, 2.24) is 33.2 Å². The van der Waals surface area contributed by atoms with Gasteiger partial charge in [-0.1, -0.05) is 218 Å². The summed E-state index contributed by atoms with van der Waals surface area (Å²) in [5.41, 5.74) is 15.8. The van der Waals surface area contributed by atoms with Crippen molar-refractivity contribution < 1.29 is 0 Å². The predicted molar refractivity (Wildman–Crippen MR) is 366 cm³/mol. The summed E-state index contributed by atoms with van der Waals surface area (Å²) in [7, 11) is 0. The van der Waals surface area contributed by atoms with Crippen LogP contribution in [0.4, 0.5) is 0 Å². The zero-order valence-electron chi connectivity index (χ0n) is 47.4. The fraction of sp³-hybridized carbons (Fsp3) is 0. The van der Waals surface area contributed by atoms with Crippen LogP contribution in [0, 0.1) is 0 Å². The first-order chi connectivity index (χ1) is 43.7. The van der Waals surface area contributed by atoms with Crippen molar-refractivity contribution in [1.29, 1.82) is 0 Å². The molecule has 19 aromatic rings. The van der Waals surface area contributed by atoms with E-state index in [4.69, 9.17) is 15.0 Å². The molecule has 5 aromatic heterocycles. The lowest BCUT2D eigenvalue weighted by atomic mass is 9.93. The Morgan fingerprint density at radius 2 is 0.489 bits per heavy atom. The van der Waals surface area contributed by atoms with Crippen LogP contribution < -0.4 is 0 Å². The topological polar surface area (TPSA) is 58.4 Å². The van der Waals surface area contributed by atoms with Gasteiger partial charge in [0.25, 0.3) is 0 Å². The largest absolute Gasteiger partial charge is 0.309 e. The van der Waals surface area contributed by atoms with Gasteiger partial charge in [-0.3, -0.25) is 0 Å². The molecule has 0 spiro atoms. The molecule has 19 rings (SSSR count). The standard InChI is InChI=1S/C81H49N7/c1-4-24-50(25-5-1)79-82-80(51-44-45-61-59-32-11-10-30-57(59)58-31-12-13-33-60(58)67(61)48-51)84-81(83-79)52-46-55(85-68-39-19-14-34-62(68)63-35-15-20-40-69(63)85)49-56(47-52)88-72-43-23-18-38-66(72)75-77-73(64-36-16-21-41-70(64)86(77)53-26-6-2-7-27-53)76-74(78(75)88)65-37-17-22-42-71(65)87(76)54-28-8-3-9-29-54/h1-49H. The predicted octanol–water partition coefficient (Wildman–Crippen LogP) is 20.7. The number of aromatic nitrogens is 7. The molecule has 0 aliphatic heterocycles. The molecule has 7 nitrogen and oxygen atoms in total. The molecular formula is C81H49N7. The second-order valence-electron chi connectivity index (χ2n) is 23.0. The molecule has 0 fully saturated rings. The normalized spacial score (nSPS) is 12.1. The number of fused-ring (bicyclic) bond motifs is 21. The van der Waals surface area contributed by atoms with Crippen molar-refractivity contribution in [3.63, 3.8) is 0 Å². The summed E-state index contributed by atoms with van der Waals surface area (Å²) in [6.07, 6.45) is 0. The van der Waals surface area contributed by atoms with E-state index in [-0.39, 0.29) is 0 Å². The quantitative estimate of drug-likeness (QED) is 0.149. The summed E-state index contributed by atoms with van der Waals surface area (Å²) in [5.74, 6) is 1.75. The van der Waals surface area contributed by atoms with Crippen molar-refractivity contribution in [3.05, 3.63) is 297 Å². The smallest absolute Gasteiger partial charge is 0.164 e. The van der Waals surface area contributed by atoms with Crippen molar-refractivity contribution in [2.24, 2.45) is 0 Å². The number of benzene rings is 14. The average Bonchev–Trinajstić information content (AvgIpc) is 1.60. The van der Waals surface area contributed by atoms with E-state index < -0.39 is 0 Å². The molecule has 0 unspecified atom stereocenters. The van der Waals surface area contributed by atoms with E-state index in [1.165, 1.54) is 64.6 Å². The fourth-order valence-corrected chi connectivity index (χ4v) is 14.7. The zero-order valence-corrected chi connectivity index (χ0v) is 47.4. The first-order valence-corrected chi connectivity index (χ1v) is 30.0. The molecule has 0 aliphatic carbocycles. The van der Waals surface area contributed by atoms with Gasteiger partial charge in [-0.25, -0.2) is 15.0 Å². The maximum absolute atomic E-state index is 5.63. The molecule has 0 radical (unpaired) electrons. The monoisotopic (exact) mass is 1120 g/mol. The van der Waals surface area contributed by atoms with Crippen LogP contribution in [0.1, 0.15) is 0 Å². The van der Waals surface area contributed by atoms with Crippen LogP contribution in [-0.4, -0.2) is 33.2 Å². The Bertz CT molecular complexity index is 5950. The molecule has 0 aliphatic rings. The molecule has 5 heterocycles. The van der Waals surface area contributed by atoms with Crippen LogP contribution in [0.25, 0.3) is 176 Å². The van der Waals surface area contributed by atoms with Gasteiger partial charge in [0, 0.05) is 82.5 Å². The van der Waals surface area contributed by atoms with E-state index in [0.717, 1.165) is 94.3 Å². The van der Waals surface area contributed by atoms with Gasteiger partial charge in [0.1, 0.15) is 0 Å². The third-order valence-electron chi connectivity index (χ3n) is 18.3. The zero-order chi connectivity index (χ0) is 57.6. The van der Waals surface area contributed by atoms with Gasteiger partial charge in [0.2, 0.25) is 0 Å². The second kappa shape index (κ2) is 18.8. The third-order valence-corrected chi connectivity index (χ3v) is 18.3. The van der Waals surface area contributed by atoms with Crippen LogP contribution in [0.2, 0.25) is 0 Å². The minimum atomic E-state index is 0.564. The maximum Gasteiger partial charge on any atom is 0.164 e. The Morgan fingerprint density at radius 3 is 0.932 bits per heavy atom. The molecule has 0 saturated heterocycles. The number of hydrogen-bond donors (Lipinski definition) is 0. The molecular weight excluding hydrogens is 1070 g/mol. The molecule has 0 atom stereocenters. The van der Waals surface area contributed by atoms with Gasteiger partial charge in [0.05, 0.1) is 44.1 Å². The average molecular weight is 1120 g/mol. The Hall–Kier alpha value is -11.9. The van der Waals surface area contributed by atoms with Gasteiger partial charge >= 0.3 is 0 Å². The fourth-order valence-electron chi connectivity index (χ4n) is 14.7. The number of nitrogens with zero attached hydrogens (tertiary/aromatic N) is 7. The Kier molecular flexibility index (Phi) is 10.3. The summed E-state index contributed by atoms with van der Waals surface area (Å²) >= 11 is 0. The second-order valence-corrected chi connectivity index (χ2v) is 23.0. The van der Waals surface area contributed by atoms with Crippen molar-refractivity contribution in [2.75, 3.05) is 0 Å². The SMILES string of the molecule is c1ccc(-c2nc(-c3cc(-n4c5ccccc5c5ccccc54)cc(-n4c5ccccc5c5c6c(c7ccccc7n6-c6ccccc6)c6c(c7ccccc7n6-c6ccccc6)c54)c3)nc(-c3ccc4c5ccccc5c5ccccc5c4c3)n2)cc1. The van der Waals surface area contributed by atoms with E-state index in [1.54, 1.807) is 0 Å². The number of rotatable bonds is 7. The van der Waals surface area contributed by atoms with E-state index in [0.29, 0.717) is 17.5 Å². The first kappa shape index (κ1) is 48.4. The van der Waals surface area contributed by atoms with E-state index in [1.807, 2.05) is 6.07 Å².